The molecule has 0 bridgehead atoms. The van der Waals surface area contributed by atoms with Crippen molar-refractivity contribution in [2.45, 2.75) is 6.42 Å². The van der Waals surface area contributed by atoms with Crippen molar-refractivity contribution in [3.05, 3.63) is 29.8 Å². The van der Waals surface area contributed by atoms with E-state index in [-0.39, 0.29) is 31.6 Å². The molecule has 0 aliphatic carbocycles. The lowest BCUT2D eigenvalue weighted by molar-refractivity contribution is -0.149. The number of carbonyl (C=O) groups excluding carboxylic acids is 2. The number of likely N-dealkylation sites (tertiary alicyclic amines) is 1. The molecule has 134 valence electrons. The molecule has 3 amide bonds. The van der Waals surface area contributed by atoms with Crippen LogP contribution in [0.5, 0.6) is 5.75 Å². The molecule has 0 unspecified atom stereocenters. The van der Waals surface area contributed by atoms with E-state index in [1.54, 1.807) is 7.11 Å². The van der Waals surface area contributed by atoms with E-state index in [2.05, 4.69) is 10.6 Å². The first kappa shape index (κ1) is 17.1. The predicted molar refractivity (Wildman–Crippen MR) is 88.2 cm³/mol. The van der Waals surface area contributed by atoms with Gasteiger partial charge in [-0.1, -0.05) is 12.1 Å². The second-order valence-electron chi connectivity index (χ2n) is 6.44. The molecule has 25 heavy (non-hydrogen) atoms. The number of amides is 3. The van der Waals surface area contributed by atoms with Crippen LogP contribution in [0.15, 0.2) is 24.3 Å². The number of fused-ring (bicyclic) bond motifs is 1. The number of aliphatic carboxylic acids is 1. The Morgan fingerprint density at radius 1 is 1.40 bits per heavy atom. The van der Waals surface area contributed by atoms with Gasteiger partial charge in [0.05, 0.1) is 13.0 Å². The van der Waals surface area contributed by atoms with E-state index in [0.717, 1.165) is 11.3 Å². The zero-order chi connectivity index (χ0) is 18.0. The summed E-state index contributed by atoms with van der Waals surface area (Å²) in [6, 6.07) is 7.22. The van der Waals surface area contributed by atoms with Crippen LogP contribution in [0.3, 0.4) is 0 Å². The lowest BCUT2D eigenvalue weighted by atomic mass is 9.81. The highest BCUT2D eigenvalue weighted by Crippen LogP contribution is 2.39. The highest BCUT2D eigenvalue weighted by Gasteiger charge is 2.60. The summed E-state index contributed by atoms with van der Waals surface area (Å²) in [4.78, 5) is 37.2. The summed E-state index contributed by atoms with van der Waals surface area (Å²) in [5, 5.41) is 14.9. The van der Waals surface area contributed by atoms with Gasteiger partial charge in [-0.25, -0.2) is 4.79 Å². The van der Waals surface area contributed by atoms with Gasteiger partial charge in [0.1, 0.15) is 11.2 Å². The molecule has 2 aliphatic rings. The fourth-order valence-electron chi connectivity index (χ4n) is 3.46. The molecule has 3 N–H and O–H groups in total. The van der Waals surface area contributed by atoms with Gasteiger partial charge in [0.25, 0.3) is 0 Å². The van der Waals surface area contributed by atoms with Gasteiger partial charge < -0.3 is 25.4 Å². The number of carboxylic acid groups (broad SMARTS) is 1. The van der Waals surface area contributed by atoms with Crippen LogP contribution < -0.4 is 15.4 Å². The molecular formula is C17H21N3O5. The number of nitrogens with one attached hydrogen (secondary N) is 2. The summed E-state index contributed by atoms with van der Waals surface area (Å²) in [5.74, 6) is -1.24. The van der Waals surface area contributed by atoms with Crippen LogP contribution in [0.4, 0.5) is 4.79 Å². The minimum absolute atomic E-state index is 0.0418. The number of urea groups is 1. The SMILES string of the molecule is COc1ccc(CCNC(=O)N2C[C@@H]3C(=O)NC[C@]3(C(=O)O)C2)cc1. The first-order valence-corrected chi connectivity index (χ1v) is 8.13. The van der Waals surface area contributed by atoms with E-state index in [1.165, 1.54) is 4.90 Å². The van der Waals surface area contributed by atoms with Crippen LogP contribution in [0.2, 0.25) is 0 Å². The molecule has 0 radical (unpaired) electrons. The molecule has 2 fully saturated rings. The molecular weight excluding hydrogens is 326 g/mol. The Morgan fingerprint density at radius 2 is 2.12 bits per heavy atom. The minimum atomic E-state index is -1.20. The molecule has 3 rings (SSSR count). The van der Waals surface area contributed by atoms with E-state index >= 15 is 0 Å². The molecule has 2 saturated heterocycles. The van der Waals surface area contributed by atoms with Crippen molar-refractivity contribution in [1.82, 2.24) is 15.5 Å². The summed E-state index contributed by atoms with van der Waals surface area (Å²) in [5.41, 5.74) is -0.148. The molecule has 2 aliphatic heterocycles. The third-order valence-electron chi connectivity index (χ3n) is 5.00. The lowest BCUT2D eigenvalue weighted by Crippen LogP contribution is -2.44. The van der Waals surface area contributed by atoms with E-state index in [4.69, 9.17) is 4.74 Å². The minimum Gasteiger partial charge on any atom is -0.497 e. The quantitative estimate of drug-likeness (QED) is 0.699. The molecule has 1 aromatic rings. The number of carbonyl (C=O) groups is 3. The maximum atomic E-state index is 12.3. The lowest BCUT2D eigenvalue weighted by Gasteiger charge is -2.22. The average molecular weight is 347 g/mol. The van der Waals surface area contributed by atoms with E-state index in [1.807, 2.05) is 24.3 Å². The molecule has 2 atom stereocenters. The number of hydrogen-bond donors (Lipinski definition) is 3. The zero-order valence-electron chi connectivity index (χ0n) is 13.9. The van der Waals surface area contributed by atoms with Crippen molar-refractivity contribution in [3.63, 3.8) is 0 Å². The normalized spacial score (nSPS) is 24.6. The summed E-state index contributed by atoms with van der Waals surface area (Å²) in [6.45, 7) is 0.673. The fourth-order valence-corrected chi connectivity index (χ4v) is 3.46. The van der Waals surface area contributed by atoms with Crippen molar-refractivity contribution >= 4 is 17.9 Å². The monoisotopic (exact) mass is 347 g/mol. The number of benzene rings is 1. The molecule has 8 nitrogen and oxygen atoms in total. The van der Waals surface area contributed by atoms with Gasteiger partial charge in [0.15, 0.2) is 0 Å². The average Bonchev–Trinajstić information content (AvgIpc) is 3.14. The van der Waals surface area contributed by atoms with Crippen LogP contribution in [0.1, 0.15) is 5.56 Å². The highest BCUT2D eigenvalue weighted by molar-refractivity contribution is 5.93. The zero-order valence-corrected chi connectivity index (χ0v) is 13.9. The number of nitrogens with zero attached hydrogens (tertiary/aromatic N) is 1. The van der Waals surface area contributed by atoms with Crippen molar-refractivity contribution < 1.29 is 24.2 Å². The van der Waals surface area contributed by atoms with Gasteiger partial charge in [0.2, 0.25) is 5.91 Å². The Bertz CT molecular complexity index is 690. The fraction of sp³-hybridized carbons (Fsp3) is 0.471. The number of rotatable bonds is 5. The van der Waals surface area contributed by atoms with Crippen LogP contribution >= 0.6 is 0 Å². The van der Waals surface area contributed by atoms with Gasteiger partial charge >= 0.3 is 12.0 Å². The molecule has 2 heterocycles. The van der Waals surface area contributed by atoms with Gasteiger partial charge in [-0.3, -0.25) is 9.59 Å². The van der Waals surface area contributed by atoms with Gasteiger partial charge in [-0.2, -0.15) is 0 Å². The van der Waals surface area contributed by atoms with Crippen molar-refractivity contribution in [3.8, 4) is 5.75 Å². The first-order chi connectivity index (χ1) is 12.0. The van der Waals surface area contributed by atoms with E-state index in [9.17, 15) is 19.5 Å². The van der Waals surface area contributed by atoms with Crippen molar-refractivity contribution in [2.75, 3.05) is 33.3 Å². The molecule has 1 aromatic carbocycles. The summed E-state index contributed by atoms with van der Waals surface area (Å²) in [6.07, 6.45) is 0.650. The summed E-state index contributed by atoms with van der Waals surface area (Å²) >= 11 is 0. The standard InChI is InChI=1S/C17H21N3O5/c1-25-12-4-2-11(3-5-12)6-7-18-16(24)20-8-13-14(21)19-9-17(13,10-20)15(22)23/h2-5,13H,6-10H2,1H3,(H,18,24)(H,19,21)(H,22,23)/t13-,17+/m1/s1. The number of carboxylic acids is 1. The maximum Gasteiger partial charge on any atom is 0.317 e. The molecule has 0 spiro atoms. The van der Waals surface area contributed by atoms with Crippen LogP contribution in [-0.2, 0) is 16.0 Å². The topological polar surface area (TPSA) is 108 Å². The summed E-state index contributed by atoms with van der Waals surface area (Å²) in [7, 11) is 1.60. The number of ether oxygens (including phenoxy) is 1. The van der Waals surface area contributed by atoms with Crippen molar-refractivity contribution in [2.24, 2.45) is 11.3 Å². The Kier molecular flexibility index (Phi) is 4.52. The highest BCUT2D eigenvalue weighted by atomic mass is 16.5. The smallest absolute Gasteiger partial charge is 0.317 e. The second kappa shape index (κ2) is 6.62. The Morgan fingerprint density at radius 3 is 2.72 bits per heavy atom. The van der Waals surface area contributed by atoms with Gasteiger partial charge in [0, 0.05) is 26.2 Å². The second-order valence-corrected chi connectivity index (χ2v) is 6.44. The Hall–Kier alpha value is -2.77. The molecule has 0 saturated carbocycles. The first-order valence-electron chi connectivity index (χ1n) is 8.13. The maximum absolute atomic E-state index is 12.3. The Balaban J connectivity index is 1.54. The van der Waals surface area contributed by atoms with Crippen molar-refractivity contribution in [1.29, 1.82) is 0 Å². The third-order valence-corrected chi connectivity index (χ3v) is 5.00. The third kappa shape index (κ3) is 3.11. The number of hydrogen-bond acceptors (Lipinski definition) is 4. The van der Waals surface area contributed by atoms with Gasteiger partial charge in [-0.05, 0) is 24.1 Å². The summed E-state index contributed by atoms with van der Waals surface area (Å²) < 4.78 is 5.10. The Labute approximate surface area is 145 Å². The molecule has 8 heteroatoms. The van der Waals surface area contributed by atoms with Gasteiger partial charge in [-0.15, -0.1) is 0 Å². The van der Waals surface area contributed by atoms with E-state index < -0.39 is 17.3 Å². The van der Waals surface area contributed by atoms with E-state index in [0.29, 0.717) is 13.0 Å². The molecule has 0 aromatic heterocycles. The van der Waals surface area contributed by atoms with Crippen LogP contribution in [0, 0.1) is 11.3 Å². The predicted octanol–water partition coefficient (Wildman–Crippen LogP) is 0.0799. The number of methoxy groups -OCH3 is 1. The largest absolute Gasteiger partial charge is 0.497 e. The van der Waals surface area contributed by atoms with Crippen LogP contribution in [0.25, 0.3) is 0 Å². The van der Waals surface area contributed by atoms with Crippen LogP contribution in [-0.4, -0.2) is 61.2 Å².